The van der Waals surface area contributed by atoms with E-state index in [0.717, 1.165) is 18.4 Å². The SMILES string of the molecule is CCCCNC(=O)c1ccccc1C[C@@H](N)CO. The number of hydrogen-bond donors (Lipinski definition) is 3. The third kappa shape index (κ3) is 4.47. The molecule has 1 atom stereocenters. The summed E-state index contributed by atoms with van der Waals surface area (Å²) in [6, 6.07) is 7.06. The maximum atomic E-state index is 12.0. The molecule has 100 valence electrons. The highest BCUT2D eigenvalue weighted by Gasteiger charge is 2.12. The zero-order chi connectivity index (χ0) is 13.4. The minimum atomic E-state index is -0.324. The molecule has 0 bridgehead atoms. The molecule has 0 spiro atoms. The molecule has 0 saturated heterocycles. The summed E-state index contributed by atoms with van der Waals surface area (Å²) in [6.07, 6.45) is 2.54. The number of amides is 1. The number of aliphatic hydroxyl groups is 1. The van der Waals surface area contributed by atoms with Crippen molar-refractivity contribution in [1.29, 1.82) is 0 Å². The summed E-state index contributed by atoms with van der Waals surface area (Å²) >= 11 is 0. The standard InChI is InChI=1S/C14H22N2O2/c1-2-3-8-16-14(18)13-7-5-4-6-11(13)9-12(15)10-17/h4-7,12,17H,2-3,8-10,15H2,1H3,(H,16,18)/t12-/m1/s1. The van der Waals surface area contributed by atoms with Crippen molar-refractivity contribution in [2.24, 2.45) is 5.73 Å². The lowest BCUT2D eigenvalue weighted by Crippen LogP contribution is -2.30. The molecule has 4 nitrogen and oxygen atoms in total. The van der Waals surface area contributed by atoms with Crippen LogP contribution in [0.2, 0.25) is 0 Å². The van der Waals surface area contributed by atoms with Crippen LogP contribution in [0, 0.1) is 0 Å². The van der Waals surface area contributed by atoms with Gasteiger partial charge < -0.3 is 16.2 Å². The predicted octanol–water partition coefficient (Wildman–Crippen LogP) is 1.08. The summed E-state index contributed by atoms with van der Waals surface area (Å²) in [7, 11) is 0. The zero-order valence-corrected chi connectivity index (χ0v) is 10.9. The first-order chi connectivity index (χ1) is 8.69. The van der Waals surface area contributed by atoms with Crippen LogP contribution in [0.4, 0.5) is 0 Å². The molecule has 1 aromatic rings. The fourth-order valence-corrected chi connectivity index (χ4v) is 1.74. The fraction of sp³-hybridized carbons (Fsp3) is 0.500. The summed E-state index contributed by atoms with van der Waals surface area (Å²) in [5.74, 6) is -0.0656. The minimum absolute atomic E-state index is 0.0656. The van der Waals surface area contributed by atoms with Crippen LogP contribution in [0.25, 0.3) is 0 Å². The molecule has 1 amide bonds. The largest absolute Gasteiger partial charge is 0.395 e. The third-order valence-electron chi connectivity index (χ3n) is 2.79. The maximum Gasteiger partial charge on any atom is 0.251 e. The molecule has 0 heterocycles. The average Bonchev–Trinajstić information content (AvgIpc) is 2.39. The van der Waals surface area contributed by atoms with Crippen molar-refractivity contribution in [2.75, 3.05) is 13.2 Å². The van der Waals surface area contributed by atoms with Crippen LogP contribution in [-0.2, 0) is 6.42 Å². The zero-order valence-electron chi connectivity index (χ0n) is 10.9. The lowest BCUT2D eigenvalue weighted by molar-refractivity contribution is 0.0952. The Labute approximate surface area is 108 Å². The van der Waals surface area contributed by atoms with Crippen molar-refractivity contribution >= 4 is 5.91 Å². The molecule has 4 N–H and O–H groups in total. The Bertz CT molecular complexity index is 380. The summed E-state index contributed by atoms with van der Waals surface area (Å²) in [6.45, 7) is 2.70. The van der Waals surface area contributed by atoms with Gasteiger partial charge >= 0.3 is 0 Å². The second-order valence-corrected chi connectivity index (χ2v) is 4.41. The van der Waals surface area contributed by atoms with Crippen molar-refractivity contribution in [3.05, 3.63) is 35.4 Å². The molecule has 4 heteroatoms. The molecule has 18 heavy (non-hydrogen) atoms. The van der Waals surface area contributed by atoms with Crippen LogP contribution in [0.5, 0.6) is 0 Å². The number of unbranched alkanes of at least 4 members (excludes halogenated alkanes) is 1. The van der Waals surface area contributed by atoms with Gasteiger partial charge in [0.1, 0.15) is 0 Å². The van der Waals surface area contributed by atoms with E-state index < -0.39 is 0 Å². The van der Waals surface area contributed by atoms with Crippen molar-refractivity contribution in [3.63, 3.8) is 0 Å². The van der Waals surface area contributed by atoms with Crippen LogP contribution in [0.3, 0.4) is 0 Å². The fourth-order valence-electron chi connectivity index (χ4n) is 1.74. The average molecular weight is 250 g/mol. The third-order valence-corrected chi connectivity index (χ3v) is 2.79. The summed E-state index contributed by atoms with van der Waals surface area (Å²) < 4.78 is 0. The number of benzene rings is 1. The van der Waals surface area contributed by atoms with Crippen molar-refractivity contribution in [2.45, 2.75) is 32.2 Å². The molecule has 0 aliphatic rings. The summed E-state index contributed by atoms with van der Waals surface area (Å²) in [4.78, 5) is 12.0. The number of hydrogen-bond acceptors (Lipinski definition) is 3. The van der Waals surface area contributed by atoms with E-state index in [1.807, 2.05) is 18.2 Å². The van der Waals surface area contributed by atoms with E-state index in [-0.39, 0.29) is 18.6 Å². The number of aliphatic hydroxyl groups excluding tert-OH is 1. The number of carbonyl (C=O) groups excluding carboxylic acids is 1. The number of rotatable bonds is 7. The Balaban J connectivity index is 2.71. The minimum Gasteiger partial charge on any atom is -0.395 e. The summed E-state index contributed by atoms with van der Waals surface area (Å²) in [5.41, 5.74) is 7.25. The molecule has 0 saturated carbocycles. The van der Waals surface area contributed by atoms with Crippen molar-refractivity contribution < 1.29 is 9.90 Å². The van der Waals surface area contributed by atoms with Crippen LogP contribution in [0.15, 0.2) is 24.3 Å². The van der Waals surface area contributed by atoms with Crippen LogP contribution >= 0.6 is 0 Å². The molecule has 0 radical (unpaired) electrons. The number of nitrogens with one attached hydrogen (secondary N) is 1. The van der Waals surface area contributed by atoms with Gasteiger partial charge in [0.05, 0.1) is 6.61 Å². The smallest absolute Gasteiger partial charge is 0.251 e. The van der Waals surface area contributed by atoms with Crippen LogP contribution in [-0.4, -0.2) is 30.2 Å². The molecule has 1 rings (SSSR count). The monoisotopic (exact) mass is 250 g/mol. The first-order valence-corrected chi connectivity index (χ1v) is 6.41. The van der Waals surface area contributed by atoms with E-state index in [2.05, 4.69) is 12.2 Å². The van der Waals surface area contributed by atoms with Gasteiger partial charge in [-0.3, -0.25) is 4.79 Å². The van der Waals surface area contributed by atoms with Gasteiger partial charge in [0, 0.05) is 18.2 Å². The lowest BCUT2D eigenvalue weighted by atomic mass is 10.0. The Morgan fingerprint density at radius 1 is 1.44 bits per heavy atom. The quantitative estimate of drug-likeness (QED) is 0.634. The van der Waals surface area contributed by atoms with Gasteiger partial charge in [0.25, 0.3) is 5.91 Å². The first-order valence-electron chi connectivity index (χ1n) is 6.41. The number of nitrogens with two attached hydrogens (primary N) is 1. The van der Waals surface area contributed by atoms with E-state index >= 15 is 0 Å². The molecule has 1 aromatic carbocycles. The second-order valence-electron chi connectivity index (χ2n) is 4.41. The Kier molecular flexibility index (Phi) is 6.39. The summed E-state index contributed by atoms with van der Waals surface area (Å²) in [5, 5.41) is 11.9. The Morgan fingerprint density at radius 3 is 2.83 bits per heavy atom. The molecule has 0 aliphatic heterocycles. The molecular weight excluding hydrogens is 228 g/mol. The number of carbonyl (C=O) groups is 1. The van der Waals surface area contributed by atoms with Gasteiger partial charge in [0.15, 0.2) is 0 Å². The van der Waals surface area contributed by atoms with Crippen LogP contribution in [0.1, 0.15) is 35.7 Å². The van der Waals surface area contributed by atoms with Gasteiger partial charge in [-0.2, -0.15) is 0 Å². The van der Waals surface area contributed by atoms with Gasteiger partial charge in [-0.05, 0) is 24.5 Å². The van der Waals surface area contributed by atoms with Gasteiger partial charge in [-0.15, -0.1) is 0 Å². The second kappa shape index (κ2) is 7.84. The molecule has 0 fully saturated rings. The van der Waals surface area contributed by atoms with E-state index in [9.17, 15) is 4.79 Å². The van der Waals surface area contributed by atoms with E-state index in [1.54, 1.807) is 6.07 Å². The highest BCUT2D eigenvalue weighted by atomic mass is 16.3. The molecule has 0 unspecified atom stereocenters. The highest BCUT2D eigenvalue weighted by Crippen LogP contribution is 2.10. The normalized spacial score (nSPS) is 12.2. The lowest BCUT2D eigenvalue weighted by Gasteiger charge is -2.12. The van der Waals surface area contributed by atoms with E-state index in [0.29, 0.717) is 18.5 Å². The topological polar surface area (TPSA) is 75.4 Å². The molecule has 0 aromatic heterocycles. The van der Waals surface area contributed by atoms with E-state index in [4.69, 9.17) is 10.8 Å². The predicted molar refractivity (Wildman–Crippen MR) is 72.4 cm³/mol. The Morgan fingerprint density at radius 2 is 2.17 bits per heavy atom. The van der Waals surface area contributed by atoms with Crippen LogP contribution < -0.4 is 11.1 Å². The van der Waals surface area contributed by atoms with Gasteiger partial charge in [0.2, 0.25) is 0 Å². The van der Waals surface area contributed by atoms with Crippen molar-refractivity contribution in [1.82, 2.24) is 5.32 Å². The molecular formula is C14H22N2O2. The highest BCUT2D eigenvalue weighted by molar-refractivity contribution is 5.95. The molecule has 0 aliphatic carbocycles. The van der Waals surface area contributed by atoms with E-state index in [1.165, 1.54) is 0 Å². The van der Waals surface area contributed by atoms with Gasteiger partial charge in [-0.1, -0.05) is 31.5 Å². The van der Waals surface area contributed by atoms with Gasteiger partial charge in [-0.25, -0.2) is 0 Å². The Hall–Kier alpha value is -1.39. The maximum absolute atomic E-state index is 12.0. The van der Waals surface area contributed by atoms with Crippen molar-refractivity contribution in [3.8, 4) is 0 Å². The first kappa shape index (κ1) is 14.7.